The number of alkyl halides is 6. The molecule has 33 heavy (non-hydrogen) atoms. The first kappa shape index (κ1) is 23.4. The lowest BCUT2D eigenvalue weighted by Gasteiger charge is -2.26. The third-order valence-corrected chi connectivity index (χ3v) is 6.13. The van der Waals surface area contributed by atoms with Crippen molar-refractivity contribution in [1.29, 1.82) is 0 Å². The predicted octanol–water partition coefficient (Wildman–Crippen LogP) is 5.35. The highest BCUT2D eigenvalue weighted by molar-refractivity contribution is 5.69. The Balaban J connectivity index is 1.37. The molecule has 2 unspecified atom stereocenters. The number of nitrogens with zero attached hydrogens (tertiary/aromatic N) is 2. The highest BCUT2D eigenvalue weighted by Crippen LogP contribution is 2.38. The predicted molar refractivity (Wildman–Crippen MR) is 108 cm³/mol. The van der Waals surface area contributed by atoms with Crippen molar-refractivity contribution in [3.63, 3.8) is 0 Å². The van der Waals surface area contributed by atoms with E-state index in [2.05, 4.69) is 9.64 Å². The molecular weight excluding hydrogens is 450 g/mol. The van der Waals surface area contributed by atoms with Crippen LogP contribution >= 0.6 is 0 Å². The summed E-state index contributed by atoms with van der Waals surface area (Å²) in [6, 6.07) is 17.9. The van der Waals surface area contributed by atoms with E-state index in [1.807, 2.05) is 54.6 Å². The Kier molecular flexibility index (Phi) is 6.30. The molecule has 0 radical (unpaired) electrons. The first-order valence-corrected chi connectivity index (χ1v) is 10.5. The summed E-state index contributed by atoms with van der Waals surface area (Å²) in [7, 11) is 0. The van der Waals surface area contributed by atoms with Gasteiger partial charge in [-0.25, -0.2) is 4.79 Å². The molecule has 10 heteroatoms. The number of hydrogen-bond donors (Lipinski definition) is 0. The fraction of sp³-hybridized carbons (Fsp3) is 0.435. The molecule has 0 saturated carbocycles. The Labute approximate surface area is 186 Å². The number of likely N-dealkylation sites (tertiary alicyclic amines) is 2. The maximum Gasteiger partial charge on any atom is 0.434 e. The smallest absolute Gasteiger partial charge is 0.426 e. The van der Waals surface area contributed by atoms with Gasteiger partial charge in [-0.1, -0.05) is 54.6 Å². The number of carbonyl (C=O) groups is 1. The van der Waals surface area contributed by atoms with E-state index in [-0.39, 0.29) is 24.9 Å². The molecule has 0 aliphatic carbocycles. The number of rotatable bonds is 4. The zero-order valence-electron chi connectivity index (χ0n) is 17.4. The number of ether oxygens (including phenoxy) is 1. The first-order valence-electron chi connectivity index (χ1n) is 10.5. The summed E-state index contributed by atoms with van der Waals surface area (Å²) in [5, 5.41) is 0. The second-order valence-electron chi connectivity index (χ2n) is 8.49. The molecule has 178 valence electrons. The highest BCUT2D eigenvalue weighted by Gasteiger charge is 2.60. The lowest BCUT2D eigenvalue weighted by Crippen LogP contribution is -2.48. The lowest BCUT2D eigenvalue weighted by molar-refractivity contribution is -0.308. The highest BCUT2D eigenvalue weighted by atomic mass is 19.4. The molecule has 2 heterocycles. The molecule has 0 N–H and O–H groups in total. The van der Waals surface area contributed by atoms with Crippen LogP contribution in [0.15, 0.2) is 54.6 Å². The van der Waals surface area contributed by atoms with E-state index in [1.54, 1.807) is 0 Å². The fourth-order valence-corrected chi connectivity index (χ4v) is 4.66. The maximum atomic E-state index is 12.7. The van der Waals surface area contributed by atoms with Gasteiger partial charge in [0.1, 0.15) is 0 Å². The van der Waals surface area contributed by atoms with Crippen LogP contribution in [0.2, 0.25) is 0 Å². The van der Waals surface area contributed by atoms with Crippen molar-refractivity contribution in [3.8, 4) is 11.1 Å². The average Bonchev–Trinajstić information content (AvgIpc) is 3.30. The molecule has 0 spiro atoms. The number of fused-ring (bicyclic) bond motifs is 1. The summed E-state index contributed by atoms with van der Waals surface area (Å²) in [5.41, 5.74) is 3.31. The molecule has 2 aromatic rings. The van der Waals surface area contributed by atoms with E-state index in [9.17, 15) is 31.1 Å². The molecule has 2 aliphatic heterocycles. The molecular formula is C23H22F6N2O2. The van der Waals surface area contributed by atoms with Crippen molar-refractivity contribution in [2.45, 2.75) is 25.0 Å². The SMILES string of the molecule is O=C(OC(C(F)(F)F)C(F)(F)F)N1CC2CN(Cc3ccccc3-c3ccccc3)CC2C1. The zero-order valence-corrected chi connectivity index (χ0v) is 17.4. The van der Waals surface area contributed by atoms with Gasteiger partial charge in [0.05, 0.1) is 0 Å². The van der Waals surface area contributed by atoms with Crippen LogP contribution in [0.25, 0.3) is 11.1 Å². The van der Waals surface area contributed by atoms with Crippen molar-refractivity contribution >= 4 is 6.09 Å². The van der Waals surface area contributed by atoms with Crippen molar-refractivity contribution in [3.05, 3.63) is 60.2 Å². The second-order valence-corrected chi connectivity index (χ2v) is 8.49. The molecule has 4 nitrogen and oxygen atoms in total. The summed E-state index contributed by atoms with van der Waals surface area (Å²) in [6.07, 6.45) is -17.1. The van der Waals surface area contributed by atoms with Gasteiger partial charge in [-0.3, -0.25) is 4.90 Å². The largest absolute Gasteiger partial charge is 0.434 e. The van der Waals surface area contributed by atoms with Crippen molar-refractivity contribution in [2.24, 2.45) is 11.8 Å². The van der Waals surface area contributed by atoms with E-state index in [0.29, 0.717) is 19.6 Å². The Morgan fingerprint density at radius 1 is 0.848 bits per heavy atom. The van der Waals surface area contributed by atoms with E-state index >= 15 is 0 Å². The summed E-state index contributed by atoms with van der Waals surface area (Å²) >= 11 is 0. The lowest BCUT2D eigenvalue weighted by atomic mass is 9.99. The van der Waals surface area contributed by atoms with Crippen LogP contribution in [-0.2, 0) is 11.3 Å². The molecule has 1 amide bonds. The minimum Gasteiger partial charge on any atom is -0.426 e. The molecule has 2 saturated heterocycles. The van der Waals surface area contributed by atoms with E-state index in [1.165, 1.54) is 0 Å². The van der Waals surface area contributed by atoms with Crippen LogP contribution < -0.4 is 0 Å². The van der Waals surface area contributed by atoms with Gasteiger partial charge >= 0.3 is 18.4 Å². The maximum absolute atomic E-state index is 12.7. The van der Waals surface area contributed by atoms with Crippen LogP contribution in [-0.4, -0.2) is 60.5 Å². The minimum atomic E-state index is -5.72. The van der Waals surface area contributed by atoms with Crippen molar-refractivity contribution in [1.82, 2.24) is 9.80 Å². The standard InChI is InChI=1S/C23H22F6N2O2/c24-22(25,26)20(23(27,28)29)33-21(32)31-13-17-11-30(12-18(17)14-31)10-16-8-4-5-9-19(16)15-6-2-1-3-7-15/h1-9,17-18,20H,10-14H2. The molecule has 0 aromatic heterocycles. The topological polar surface area (TPSA) is 32.8 Å². The van der Waals surface area contributed by atoms with E-state index in [4.69, 9.17) is 0 Å². The van der Waals surface area contributed by atoms with E-state index in [0.717, 1.165) is 21.6 Å². The quantitative estimate of drug-likeness (QED) is 0.563. The second kappa shape index (κ2) is 8.89. The van der Waals surface area contributed by atoms with Crippen LogP contribution in [0.1, 0.15) is 5.56 Å². The summed E-state index contributed by atoms with van der Waals surface area (Å²) in [4.78, 5) is 15.2. The third kappa shape index (κ3) is 5.26. The van der Waals surface area contributed by atoms with Crippen molar-refractivity contribution < 1.29 is 35.9 Å². The normalized spacial score (nSPS) is 21.5. The van der Waals surface area contributed by atoms with Crippen LogP contribution in [0.4, 0.5) is 31.1 Å². The fourth-order valence-electron chi connectivity index (χ4n) is 4.66. The monoisotopic (exact) mass is 472 g/mol. The Morgan fingerprint density at radius 2 is 1.39 bits per heavy atom. The Hall–Kier alpha value is -2.75. The first-order chi connectivity index (χ1) is 15.5. The molecule has 4 rings (SSSR count). The average molecular weight is 472 g/mol. The Morgan fingerprint density at radius 3 is 1.97 bits per heavy atom. The van der Waals surface area contributed by atoms with Gasteiger partial charge in [0.2, 0.25) is 0 Å². The van der Waals surface area contributed by atoms with Crippen LogP contribution in [0.5, 0.6) is 0 Å². The molecule has 2 aromatic carbocycles. The summed E-state index contributed by atoms with van der Waals surface area (Å²) in [5.74, 6) is -0.0617. The number of amides is 1. The summed E-state index contributed by atoms with van der Waals surface area (Å²) < 4.78 is 79.9. The van der Waals surface area contributed by atoms with Gasteiger partial charge in [0.15, 0.2) is 0 Å². The van der Waals surface area contributed by atoms with Gasteiger partial charge in [0, 0.05) is 32.7 Å². The van der Waals surface area contributed by atoms with Gasteiger partial charge in [-0.05, 0) is 28.5 Å². The summed E-state index contributed by atoms with van der Waals surface area (Å²) in [6.45, 7) is 2.00. The Bertz CT molecular complexity index is 951. The number of halogens is 6. The molecule has 2 atom stereocenters. The number of hydrogen-bond acceptors (Lipinski definition) is 3. The van der Waals surface area contributed by atoms with Gasteiger partial charge in [-0.2, -0.15) is 26.3 Å². The van der Waals surface area contributed by atoms with Gasteiger partial charge in [-0.15, -0.1) is 0 Å². The van der Waals surface area contributed by atoms with Crippen LogP contribution in [0, 0.1) is 11.8 Å². The number of benzene rings is 2. The van der Waals surface area contributed by atoms with Gasteiger partial charge in [0.25, 0.3) is 6.10 Å². The molecule has 0 bridgehead atoms. The molecule has 2 aliphatic rings. The van der Waals surface area contributed by atoms with Crippen molar-refractivity contribution in [2.75, 3.05) is 26.2 Å². The van der Waals surface area contributed by atoms with E-state index < -0.39 is 24.5 Å². The molecule has 2 fully saturated rings. The zero-order chi connectivity index (χ0) is 23.8. The number of carbonyl (C=O) groups excluding carboxylic acids is 1. The minimum absolute atomic E-state index is 0.0309. The van der Waals surface area contributed by atoms with Gasteiger partial charge < -0.3 is 9.64 Å². The van der Waals surface area contributed by atoms with Crippen LogP contribution in [0.3, 0.4) is 0 Å². The third-order valence-electron chi connectivity index (χ3n) is 6.13.